The number of primary amides is 1. The molecule has 1 atom stereocenters. The van der Waals surface area contributed by atoms with Crippen molar-refractivity contribution in [1.29, 1.82) is 0 Å². The summed E-state index contributed by atoms with van der Waals surface area (Å²) in [6.45, 7) is 6.00. The van der Waals surface area contributed by atoms with Crippen LogP contribution in [0.5, 0.6) is 5.75 Å². The van der Waals surface area contributed by atoms with Gasteiger partial charge in [-0.3, -0.25) is 9.69 Å². The minimum absolute atomic E-state index is 0.130. The van der Waals surface area contributed by atoms with Gasteiger partial charge in [-0.25, -0.2) is 0 Å². The van der Waals surface area contributed by atoms with Crippen LogP contribution in [0.1, 0.15) is 32.4 Å². The molecule has 0 fully saturated rings. The lowest BCUT2D eigenvalue weighted by atomic mass is 10.0. The normalized spacial score (nSPS) is 13.0. The number of halogens is 1. The largest absolute Gasteiger partial charge is 0.508 e. The number of hydrogen-bond donors (Lipinski definition) is 2. The predicted octanol–water partition coefficient (Wildman–Crippen LogP) is 2.30. The predicted molar refractivity (Wildman–Crippen MR) is 72.6 cm³/mol. The van der Waals surface area contributed by atoms with Crippen molar-refractivity contribution in [3.05, 3.63) is 28.8 Å². The van der Waals surface area contributed by atoms with Gasteiger partial charge in [-0.05, 0) is 39.0 Å². The minimum Gasteiger partial charge on any atom is -0.508 e. The molecular weight excluding hydrogens is 252 g/mol. The van der Waals surface area contributed by atoms with Gasteiger partial charge in [0, 0.05) is 22.7 Å². The van der Waals surface area contributed by atoms with Crippen LogP contribution in [-0.4, -0.2) is 28.5 Å². The maximum atomic E-state index is 11.1. The number of carbonyl (C=O) groups is 1. The van der Waals surface area contributed by atoms with E-state index in [1.54, 1.807) is 18.2 Å². The fourth-order valence-corrected chi connectivity index (χ4v) is 2.17. The first-order valence-corrected chi connectivity index (χ1v) is 6.23. The summed E-state index contributed by atoms with van der Waals surface area (Å²) >= 11 is 5.93. The van der Waals surface area contributed by atoms with Crippen molar-refractivity contribution >= 4 is 17.5 Å². The number of phenolic OH excluding ortho intramolecular Hbond substituents is 1. The van der Waals surface area contributed by atoms with Crippen molar-refractivity contribution < 1.29 is 9.90 Å². The van der Waals surface area contributed by atoms with Gasteiger partial charge in [0.2, 0.25) is 5.91 Å². The van der Waals surface area contributed by atoms with Crippen molar-refractivity contribution in [3.63, 3.8) is 0 Å². The lowest BCUT2D eigenvalue weighted by Gasteiger charge is -2.32. The highest BCUT2D eigenvalue weighted by atomic mass is 35.5. The van der Waals surface area contributed by atoms with Gasteiger partial charge in [0.1, 0.15) is 5.75 Å². The Labute approximate surface area is 112 Å². The number of phenols is 1. The zero-order valence-electron chi connectivity index (χ0n) is 10.9. The summed E-state index contributed by atoms with van der Waals surface area (Å²) in [5.41, 5.74) is 5.94. The van der Waals surface area contributed by atoms with Crippen LogP contribution in [-0.2, 0) is 4.79 Å². The summed E-state index contributed by atoms with van der Waals surface area (Å²) < 4.78 is 0. The molecule has 0 saturated heterocycles. The summed E-state index contributed by atoms with van der Waals surface area (Å²) in [5.74, 6) is -0.223. The Balaban J connectivity index is 3.04. The van der Waals surface area contributed by atoms with Crippen LogP contribution in [0.2, 0.25) is 5.02 Å². The van der Waals surface area contributed by atoms with Gasteiger partial charge in [0.05, 0.1) is 6.54 Å². The number of carbonyl (C=O) groups excluding carboxylic acids is 1. The number of rotatable bonds is 5. The molecule has 0 aromatic heterocycles. The van der Waals surface area contributed by atoms with Crippen LogP contribution in [0.4, 0.5) is 0 Å². The van der Waals surface area contributed by atoms with Gasteiger partial charge in [-0.2, -0.15) is 0 Å². The maximum absolute atomic E-state index is 11.1. The monoisotopic (exact) mass is 270 g/mol. The van der Waals surface area contributed by atoms with E-state index in [-0.39, 0.29) is 24.4 Å². The summed E-state index contributed by atoms with van der Waals surface area (Å²) in [6, 6.07) is 4.87. The summed E-state index contributed by atoms with van der Waals surface area (Å²) in [4.78, 5) is 13.0. The topological polar surface area (TPSA) is 66.6 Å². The molecule has 0 aliphatic carbocycles. The third-order valence-electron chi connectivity index (χ3n) is 2.94. The van der Waals surface area contributed by atoms with E-state index in [0.717, 1.165) is 0 Å². The van der Waals surface area contributed by atoms with Crippen LogP contribution in [0.3, 0.4) is 0 Å². The van der Waals surface area contributed by atoms with Gasteiger partial charge >= 0.3 is 0 Å². The first-order chi connectivity index (χ1) is 8.32. The molecule has 0 heterocycles. The second kappa shape index (κ2) is 6.07. The van der Waals surface area contributed by atoms with E-state index >= 15 is 0 Å². The third kappa shape index (κ3) is 3.62. The zero-order valence-corrected chi connectivity index (χ0v) is 11.6. The number of nitrogens with two attached hydrogens (primary N) is 1. The molecule has 1 rings (SSSR count). The molecule has 4 nitrogen and oxygen atoms in total. The Bertz CT molecular complexity index is 435. The van der Waals surface area contributed by atoms with Crippen molar-refractivity contribution in [2.45, 2.75) is 32.9 Å². The first-order valence-electron chi connectivity index (χ1n) is 5.85. The number of aromatic hydroxyl groups is 1. The van der Waals surface area contributed by atoms with E-state index in [9.17, 15) is 9.90 Å². The zero-order chi connectivity index (χ0) is 13.9. The molecule has 5 heteroatoms. The van der Waals surface area contributed by atoms with Crippen LogP contribution >= 0.6 is 11.6 Å². The Hall–Kier alpha value is -1.26. The molecule has 1 aromatic rings. The van der Waals surface area contributed by atoms with Crippen molar-refractivity contribution in [3.8, 4) is 5.75 Å². The highest BCUT2D eigenvalue weighted by molar-refractivity contribution is 6.30. The minimum atomic E-state index is -0.392. The quantitative estimate of drug-likeness (QED) is 0.863. The average molecular weight is 271 g/mol. The number of amides is 1. The Morgan fingerprint density at radius 2 is 2.06 bits per heavy atom. The lowest BCUT2D eigenvalue weighted by molar-refractivity contribution is -0.120. The molecule has 1 unspecified atom stereocenters. The smallest absolute Gasteiger partial charge is 0.231 e. The second-order valence-electron chi connectivity index (χ2n) is 4.61. The molecule has 0 aliphatic heterocycles. The SMILES string of the molecule is CC(C)N(CC(N)=O)C(C)c1cc(Cl)ccc1O. The van der Waals surface area contributed by atoms with E-state index in [1.807, 2.05) is 25.7 Å². The molecule has 0 bridgehead atoms. The van der Waals surface area contributed by atoms with E-state index in [2.05, 4.69) is 0 Å². The van der Waals surface area contributed by atoms with Crippen LogP contribution in [0, 0.1) is 0 Å². The lowest BCUT2D eigenvalue weighted by Crippen LogP contribution is -2.40. The van der Waals surface area contributed by atoms with Crippen molar-refractivity contribution in [2.24, 2.45) is 5.73 Å². The highest BCUT2D eigenvalue weighted by Gasteiger charge is 2.22. The standard InChI is InChI=1S/C13H19ClN2O2/c1-8(2)16(7-13(15)18)9(3)11-6-10(14)4-5-12(11)17/h4-6,8-9,17H,7H2,1-3H3,(H2,15,18). The molecule has 18 heavy (non-hydrogen) atoms. The highest BCUT2D eigenvalue weighted by Crippen LogP contribution is 2.31. The molecule has 100 valence electrons. The van der Waals surface area contributed by atoms with Gasteiger partial charge in [0.25, 0.3) is 0 Å². The molecule has 0 spiro atoms. The van der Waals surface area contributed by atoms with Gasteiger partial charge in [-0.15, -0.1) is 0 Å². The average Bonchev–Trinajstić information content (AvgIpc) is 2.27. The summed E-state index contributed by atoms with van der Waals surface area (Å²) in [5, 5.41) is 10.4. The fourth-order valence-electron chi connectivity index (χ4n) is 1.99. The van der Waals surface area contributed by atoms with Crippen LogP contribution in [0.25, 0.3) is 0 Å². The molecule has 1 aromatic carbocycles. The molecule has 0 aliphatic rings. The number of benzene rings is 1. The molecule has 0 radical (unpaired) electrons. The summed E-state index contributed by atoms with van der Waals surface area (Å²) in [7, 11) is 0. The molecule has 3 N–H and O–H groups in total. The summed E-state index contributed by atoms with van der Waals surface area (Å²) in [6.07, 6.45) is 0. The Kier molecular flexibility index (Phi) is 4.99. The third-order valence-corrected chi connectivity index (χ3v) is 3.17. The molecular formula is C13H19ClN2O2. The first kappa shape index (κ1) is 14.8. The van der Waals surface area contributed by atoms with Crippen LogP contribution in [0.15, 0.2) is 18.2 Å². The van der Waals surface area contributed by atoms with E-state index in [0.29, 0.717) is 10.6 Å². The van der Waals surface area contributed by atoms with Gasteiger partial charge in [-0.1, -0.05) is 11.6 Å². The Morgan fingerprint density at radius 1 is 1.44 bits per heavy atom. The van der Waals surface area contributed by atoms with Gasteiger partial charge in [0.15, 0.2) is 0 Å². The number of hydrogen-bond acceptors (Lipinski definition) is 3. The van der Waals surface area contributed by atoms with E-state index in [1.165, 1.54) is 0 Å². The van der Waals surface area contributed by atoms with E-state index in [4.69, 9.17) is 17.3 Å². The Morgan fingerprint density at radius 3 is 2.56 bits per heavy atom. The second-order valence-corrected chi connectivity index (χ2v) is 5.05. The fraction of sp³-hybridized carbons (Fsp3) is 0.462. The molecule has 1 amide bonds. The van der Waals surface area contributed by atoms with Gasteiger partial charge < -0.3 is 10.8 Å². The molecule has 0 saturated carbocycles. The van der Waals surface area contributed by atoms with Crippen molar-refractivity contribution in [1.82, 2.24) is 4.90 Å². The van der Waals surface area contributed by atoms with Crippen molar-refractivity contribution in [2.75, 3.05) is 6.54 Å². The van der Waals surface area contributed by atoms with Crippen LogP contribution < -0.4 is 5.73 Å². The maximum Gasteiger partial charge on any atom is 0.231 e. The number of nitrogens with zero attached hydrogens (tertiary/aromatic N) is 1. The van der Waals surface area contributed by atoms with E-state index < -0.39 is 5.91 Å².